The molecule has 6 nitrogen and oxygen atoms in total. The summed E-state index contributed by atoms with van der Waals surface area (Å²) in [6.45, 7) is 3.82. The second kappa shape index (κ2) is 10.9. The van der Waals surface area contributed by atoms with Gasteiger partial charge in [-0.1, -0.05) is 24.3 Å². The van der Waals surface area contributed by atoms with Crippen molar-refractivity contribution in [2.75, 3.05) is 13.2 Å². The van der Waals surface area contributed by atoms with Crippen LogP contribution < -0.4 is 4.74 Å². The fourth-order valence-corrected chi connectivity index (χ4v) is 3.32. The molecule has 33 heavy (non-hydrogen) atoms. The van der Waals surface area contributed by atoms with Crippen LogP contribution in [-0.4, -0.2) is 29.5 Å². The van der Waals surface area contributed by atoms with Crippen LogP contribution in [0.4, 0.5) is 4.39 Å². The third-order valence-electron chi connectivity index (χ3n) is 5.07. The Hall–Kier alpha value is -4.18. The molecule has 2 aromatic carbocycles. The van der Waals surface area contributed by atoms with Crippen molar-refractivity contribution >= 4 is 17.8 Å². The summed E-state index contributed by atoms with van der Waals surface area (Å²) in [5, 5.41) is 8.51. The molecule has 0 radical (unpaired) electrons. The largest absolute Gasteiger partial charge is 0.479 e. The molecule has 1 heterocycles. The van der Waals surface area contributed by atoms with Crippen molar-refractivity contribution in [1.29, 1.82) is 5.26 Å². The smallest absolute Gasteiger partial charge is 0.331 e. The number of nitrogens with zero attached hydrogens (tertiary/aromatic N) is 2. The number of benzene rings is 2. The van der Waals surface area contributed by atoms with Gasteiger partial charge in [0.2, 0.25) is 5.78 Å². The Kier molecular flexibility index (Phi) is 7.77. The van der Waals surface area contributed by atoms with Gasteiger partial charge in [0.25, 0.3) is 0 Å². The fourth-order valence-electron chi connectivity index (χ4n) is 3.32. The number of ether oxygens (including phenoxy) is 2. The Balaban J connectivity index is 1.57. The maximum Gasteiger partial charge on any atom is 0.331 e. The first kappa shape index (κ1) is 23.5. The number of aromatic nitrogens is 1. The van der Waals surface area contributed by atoms with Crippen molar-refractivity contribution in [3.05, 3.63) is 94.6 Å². The van der Waals surface area contributed by atoms with Gasteiger partial charge >= 0.3 is 5.97 Å². The molecule has 0 bridgehead atoms. The van der Waals surface area contributed by atoms with E-state index in [-0.39, 0.29) is 24.8 Å². The van der Waals surface area contributed by atoms with Crippen LogP contribution in [0.15, 0.2) is 60.7 Å². The van der Waals surface area contributed by atoms with Crippen LogP contribution in [0.5, 0.6) is 5.75 Å². The Morgan fingerprint density at radius 1 is 1.09 bits per heavy atom. The van der Waals surface area contributed by atoms with E-state index in [0.717, 1.165) is 22.5 Å². The minimum Gasteiger partial charge on any atom is -0.479 e. The predicted octanol–water partition coefficient (Wildman–Crippen LogP) is 4.63. The third-order valence-corrected chi connectivity index (χ3v) is 5.07. The highest BCUT2D eigenvalue weighted by atomic mass is 19.1. The quantitative estimate of drug-likeness (QED) is 0.272. The number of hydrogen-bond donors (Lipinski definition) is 0. The second-order valence-corrected chi connectivity index (χ2v) is 7.38. The number of rotatable bonds is 9. The number of nitriles is 1. The van der Waals surface area contributed by atoms with Crippen molar-refractivity contribution in [2.45, 2.75) is 20.4 Å². The summed E-state index contributed by atoms with van der Waals surface area (Å²) >= 11 is 0. The molecule has 0 atom stereocenters. The highest BCUT2D eigenvalue weighted by Gasteiger charge is 2.17. The van der Waals surface area contributed by atoms with E-state index in [0.29, 0.717) is 17.9 Å². The topological polar surface area (TPSA) is 81.3 Å². The molecular weight excluding hydrogens is 423 g/mol. The van der Waals surface area contributed by atoms with Crippen LogP contribution in [0.3, 0.4) is 0 Å². The molecule has 0 aliphatic heterocycles. The van der Waals surface area contributed by atoms with Crippen molar-refractivity contribution in [1.82, 2.24) is 4.57 Å². The van der Waals surface area contributed by atoms with Gasteiger partial charge in [0, 0.05) is 29.6 Å². The molecule has 168 valence electrons. The van der Waals surface area contributed by atoms with Crippen LogP contribution >= 0.6 is 0 Å². The lowest BCUT2D eigenvalue weighted by molar-refractivity contribution is -0.136. The standard InChI is InChI=1S/C26H23FN2O4/c1-18-15-24(19(2)29(18)16-21-3-8-22(27)9-4-21)25(30)17-33-26(31)12-7-20-5-10-23(11-6-20)32-14-13-28/h3-12,15H,14,16-17H2,1-2H3/b12-7+. The number of Topliss-reactive ketones (excluding diaryl/α,β-unsaturated/α-hetero) is 1. The SMILES string of the molecule is Cc1cc(C(=O)COC(=O)/C=C/c2ccc(OCC#N)cc2)c(C)n1Cc1ccc(F)cc1. The third kappa shape index (κ3) is 6.40. The van der Waals surface area contributed by atoms with E-state index in [4.69, 9.17) is 14.7 Å². The minimum absolute atomic E-state index is 0.0375. The summed E-state index contributed by atoms with van der Waals surface area (Å²) in [7, 11) is 0. The summed E-state index contributed by atoms with van der Waals surface area (Å²) in [4.78, 5) is 24.7. The maximum absolute atomic E-state index is 13.1. The average molecular weight is 446 g/mol. The number of aryl methyl sites for hydroxylation is 1. The lowest BCUT2D eigenvalue weighted by Crippen LogP contribution is -2.13. The summed E-state index contributed by atoms with van der Waals surface area (Å²) in [5.74, 6) is -0.672. The van der Waals surface area contributed by atoms with E-state index in [1.165, 1.54) is 18.2 Å². The van der Waals surface area contributed by atoms with Crippen LogP contribution in [0.25, 0.3) is 6.08 Å². The van der Waals surface area contributed by atoms with Crippen molar-refractivity contribution in [3.63, 3.8) is 0 Å². The van der Waals surface area contributed by atoms with E-state index in [2.05, 4.69) is 0 Å². The lowest BCUT2D eigenvalue weighted by atomic mass is 10.1. The van der Waals surface area contributed by atoms with E-state index in [1.807, 2.05) is 24.5 Å². The molecule has 1 aromatic heterocycles. The summed E-state index contributed by atoms with van der Waals surface area (Å²) in [6.07, 6.45) is 2.81. The average Bonchev–Trinajstić information content (AvgIpc) is 3.10. The Morgan fingerprint density at radius 3 is 2.45 bits per heavy atom. The number of ketones is 1. The number of hydrogen-bond acceptors (Lipinski definition) is 5. The van der Waals surface area contributed by atoms with Gasteiger partial charge in [-0.25, -0.2) is 9.18 Å². The van der Waals surface area contributed by atoms with Gasteiger partial charge in [0.1, 0.15) is 17.6 Å². The Bertz CT molecular complexity index is 1200. The number of esters is 1. The van der Waals surface area contributed by atoms with E-state index >= 15 is 0 Å². The van der Waals surface area contributed by atoms with E-state index in [1.54, 1.807) is 48.5 Å². The van der Waals surface area contributed by atoms with Crippen molar-refractivity contribution < 1.29 is 23.5 Å². The number of carbonyl (C=O) groups is 2. The monoisotopic (exact) mass is 446 g/mol. The first-order chi connectivity index (χ1) is 15.9. The second-order valence-electron chi connectivity index (χ2n) is 7.38. The van der Waals surface area contributed by atoms with E-state index < -0.39 is 5.97 Å². The molecule has 3 rings (SSSR count). The highest BCUT2D eigenvalue weighted by Crippen LogP contribution is 2.18. The first-order valence-electron chi connectivity index (χ1n) is 10.3. The minimum atomic E-state index is -0.631. The Morgan fingerprint density at radius 2 is 1.79 bits per heavy atom. The van der Waals surface area contributed by atoms with Gasteiger partial charge in [-0.3, -0.25) is 4.79 Å². The van der Waals surface area contributed by atoms with Gasteiger partial charge in [-0.15, -0.1) is 0 Å². The predicted molar refractivity (Wildman–Crippen MR) is 121 cm³/mol. The molecule has 0 unspecified atom stereocenters. The summed E-state index contributed by atoms with van der Waals surface area (Å²) < 4.78 is 25.4. The van der Waals surface area contributed by atoms with Crippen molar-refractivity contribution in [2.24, 2.45) is 0 Å². The molecule has 0 fully saturated rings. The van der Waals surface area contributed by atoms with Gasteiger partial charge < -0.3 is 14.0 Å². The first-order valence-corrected chi connectivity index (χ1v) is 10.3. The van der Waals surface area contributed by atoms with Crippen LogP contribution in [0.2, 0.25) is 0 Å². The molecule has 0 spiro atoms. The number of halogens is 1. The van der Waals surface area contributed by atoms with Gasteiger partial charge in [0.05, 0.1) is 0 Å². The zero-order valence-electron chi connectivity index (χ0n) is 18.4. The molecule has 0 amide bonds. The zero-order valence-corrected chi connectivity index (χ0v) is 18.4. The molecule has 0 saturated heterocycles. The summed E-state index contributed by atoms with van der Waals surface area (Å²) in [6, 6.07) is 16.7. The van der Waals surface area contributed by atoms with Gasteiger partial charge in [-0.2, -0.15) is 5.26 Å². The number of carbonyl (C=O) groups excluding carboxylic acids is 2. The fraction of sp³-hybridized carbons (Fsp3) is 0.192. The molecule has 7 heteroatoms. The van der Waals surface area contributed by atoms with E-state index in [9.17, 15) is 14.0 Å². The Labute approximate surface area is 191 Å². The molecule has 0 saturated carbocycles. The lowest BCUT2D eigenvalue weighted by Gasteiger charge is -2.10. The molecule has 0 aliphatic rings. The summed E-state index contributed by atoms with van der Waals surface area (Å²) in [5.41, 5.74) is 3.78. The molecular formula is C26H23FN2O4. The van der Waals surface area contributed by atoms with Gasteiger partial charge in [-0.05, 0) is 61.4 Å². The zero-order chi connectivity index (χ0) is 23.8. The van der Waals surface area contributed by atoms with Crippen LogP contribution in [0, 0.1) is 31.0 Å². The molecule has 0 N–H and O–H groups in total. The van der Waals surface area contributed by atoms with Crippen molar-refractivity contribution in [3.8, 4) is 11.8 Å². The van der Waals surface area contributed by atoms with Gasteiger partial charge in [0.15, 0.2) is 13.2 Å². The van der Waals surface area contributed by atoms with Crippen LogP contribution in [0.1, 0.15) is 32.9 Å². The highest BCUT2D eigenvalue weighted by molar-refractivity contribution is 6.00. The normalized spacial score (nSPS) is 10.7. The molecule has 0 aliphatic carbocycles. The molecule has 3 aromatic rings. The van der Waals surface area contributed by atoms with Crippen LogP contribution in [-0.2, 0) is 16.1 Å². The maximum atomic E-state index is 13.1.